The van der Waals surface area contributed by atoms with Crippen molar-refractivity contribution in [3.63, 3.8) is 0 Å². The zero-order valence-corrected chi connectivity index (χ0v) is 22.7. The molecule has 0 spiro atoms. The number of ketones is 1. The molecule has 1 aliphatic carbocycles. The summed E-state index contributed by atoms with van der Waals surface area (Å²) in [5.74, 6) is -0.824. The first kappa shape index (κ1) is 27.3. The highest BCUT2D eigenvalue weighted by Gasteiger charge is 2.36. The van der Waals surface area contributed by atoms with Crippen LogP contribution in [0.4, 0.5) is 4.39 Å². The van der Waals surface area contributed by atoms with Crippen LogP contribution in [0.25, 0.3) is 22.0 Å². The van der Waals surface area contributed by atoms with Gasteiger partial charge in [-0.05, 0) is 68.7 Å². The lowest BCUT2D eigenvalue weighted by Gasteiger charge is -2.21. The van der Waals surface area contributed by atoms with E-state index in [-0.39, 0.29) is 60.8 Å². The van der Waals surface area contributed by atoms with Crippen LogP contribution in [0.15, 0.2) is 35.9 Å². The molecule has 1 aromatic carbocycles. The van der Waals surface area contributed by atoms with E-state index < -0.39 is 11.9 Å². The lowest BCUT2D eigenvalue weighted by molar-refractivity contribution is -0.135. The summed E-state index contributed by atoms with van der Waals surface area (Å²) in [4.78, 5) is 60.2. The Balaban J connectivity index is 1.35. The molecular formula is C29H31FN6O4. The molecule has 2 amide bonds. The second-order valence-electron chi connectivity index (χ2n) is 10.6. The third-order valence-electron chi connectivity index (χ3n) is 7.65. The van der Waals surface area contributed by atoms with Crippen molar-refractivity contribution in [2.45, 2.75) is 59.0 Å². The van der Waals surface area contributed by atoms with E-state index in [0.717, 1.165) is 23.0 Å². The highest BCUT2D eigenvalue weighted by atomic mass is 19.1. The molecule has 3 heterocycles. The van der Waals surface area contributed by atoms with Gasteiger partial charge in [0.25, 0.3) is 0 Å². The van der Waals surface area contributed by atoms with E-state index in [2.05, 4.69) is 20.4 Å². The number of fused-ring (bicyclic) bond motifs is 1. The predicted octanol–water partition coefficient (Wildman–Crippen LogP) is 3.25. The smallest absolute Gasteiger partial charge is 0.249 e. The topological polar surface area (TPSA) is 127 Å². The maximum atomic E-state index is 13.8. The van der Waals surface area contributed by atoms with E-state index in [9.17, 15) is 23.6 Å². The number of carbonyl (C=O) groups is 4. The van der Waals surface area contributed by atoms with Crippen LogP contribution in [-0.4, -0.2) is 67.7 Å². The summed E-state index contributed by atoms with van der Waals surface area (Å²) in [6.07, 6.45) is 5.91. The fourth-order valence-corrected chi connectivity index (χ4v) is 5.64. The Hall–Kier alpha value is -4.28. The average molecular weight is 547 g/mol. The van der Waals surface area contributed by atoms with Crippen molar-refractivity contribution in [3.8, 4) is 11.1 Å². The molecule has 11 heteroatoms. The zero-order valence-electron chi connectivity index (χ0n) is 22.7. The van der Waals surface area contributed by atoms with E-state index in [1.165, 1.54) is 16.5 Å². The standard InChI is InChI=1S/C29H31FN6O4/c1-16-7-20(21-11-31-18(3)32-12-21)9-24-27(17(2)38)34-36(28(16)24)14-26(39)35-13-19(8-22(35)15-37)10-33-29(40)23-5-4-6-25(23)30/h7,9,11-12,15,19,22H,4-6,8,10,13-14H2,1-3H3,(H,33,40). The molecule has 1 fully saturated rings. The fraction of sp³-hybridized carbons (Fsp3) is 0.414. The number of aryl methyl sites for hydroxylation is 2. The number of hydrogen-bond acceptors (Lipinski definition) is 7. The molecular weight excluding hydrogens is 515 g/mol. The van der Waals surface area contributed by atoms with Crippen molar-refractivity contribution < 1.29 is 23.6 Å². The van der Waals surface area contributed by atoms with Gasteiger partial charge in [0, 0.05) is 48.9 Å². The molecule has 0 saturated carbocycles. The number of benzene rings is 1. The third-order valence-corrected chi connectivity index (χ3v) is 7.65. The van der Waals surface area contributed by atoms with Crippen LogP contribution in [0.2, 0.25) is 0 Å². The number of nitrogens with one attached hydrogen (secondary N) is 1. The number of nitrogens with zero attached hydrogens (tertiary/aromatic N) is 5. The average Bonchev–Trinajstić information content (AvgIpc) is 3.64. The molecule has 10 nitrogen and oxygen atoms in total. The molecule has 1 N–H and O–H groups in total. The van der Waals surface area contributed by atoms with Crippen LogP contribution in [-0.2, 0) is 20.9 Å². The normalized spacial score (nSPS) is 18.9. The summed E-state index contributed by atoms with van der Waals surface area (Å²) in [6.45, 7) is 5.49. The van der Waals surface area contributed by atoms with E-state index in [0.29, 0.717) is 36.0 Å². The molecule has 0 radical (unpaired) electrons. The fourth-order valence-electron chi connectivity index (χ4n) is 5.64. The van der Waals surface area contributed by atoms with Crippen LogP contribution < -0.4 is 5.32 Å². The highest BCUT2D eigenvalue weighted by molar-refractivity contribution is 6.07. The van der Waals surface area contributed by atoms with Crippen molar-refractivity contribution in [1.82, 2.24) is 30.0 Å². The second-order valence-corrected chi connectivity index (χ2v) is 10.6. The maximum absolute atomic E-state index is 13.8. The molecule has 0 bridgehead atoms. The monoisotopic (exact) mass is 546 g/mol. The van der Waals surface area contributed by atoms with Crippen LogP contribution in [0.5, 0.6) is 0 Å². The number of amides is 2. The van der Waals surface area contributed by atoms with Gasteiger partial charge in [0.2, 0.25) is 11.8 Å². The van der Waals surface area contributed by atoms with Crippen molar-refractivity contribution >= 4 is 34.8 Å². The number of aldehydes is 1. The lowest BCUT2D eigenvalue weighted by Crippen LogP contribution is -2.39. The molecule has 2 aliphatic rings. The van der Waals surface area contributed by atoms with Gasteiger partial charge >= 0.3 is 0 Å². The van der Waals surface area contributed by atoms with Crippen molar-refractivity contribution in [1.29, 1.82) is 0 Å². The van der Waals surface area contributed by atoms with Crippen molar-refractivity contribution in [3.05, 3.63) is 53.0 Å². The minimum atomic E-state index is -0.639. The van der Waals surface area contributed by atoms with Crippen molar-refractivity contribution in [2.75, 3.05) is 13.1 Å². The van der Waals surface area contributed by atoms with Gasteiger partial charge in [0.15, 0.2) is 5.78 Å². The predicted molar refractivity (Wildman–Crippen MR) is 145 cm³/mol. The summed E-state index contributed by atoms with van der Waals surface area (Å²) in [5.41, 5.74) is 3.56. The van der Waals surface area contributed by atoms with Gasteiger partial charge in [0.05, 0.1) is 11.6 Å². The van der Waals surface area contributed by atoms with Crippen molar-refractivity contribution in [2.24, 2.45) is 5.92 Å². The van der Waals surface area contributed by atoms with Gasteiger partial charge in [-0.2, -0.15) is 5.10 Å². The molecule has 40 heavy (non-hydrogen) atoms. The quantitative estimate of drug-likeness (QED) is 0.339. The Bertz CT molecular complexity index is 1540. The summed E-state index contributed by atoms with van der Waals surface area (Å²) >= 11 is 0. The summed E-state index contributed by atoms with van der Waals surface area (Å²) < 4.78 is 15.3. The Labute approximate surface area is 230 Å². The zero-order chi connectivity index (χ0) is 28.6. The Morgan fingerprint density at radius 3 is 2.52 bits per heavy atom. The van der Waals surface area contributed by atoms with E-state index in [4.69, 9.17) is 0 Å². The van der Waals surface area contributed by atoms with Gasteiger partial charge in [-0.25, -0.2) is 14.4 Å². The lowest BCUT2D eigenvalue weighted by atomic mass is 10.0. The molecule has 2 aromatic heterocycles. The number of hydrogen-bond donors (Lipinski definition) is 1. The molecule has 1 aliphatic heterocycles. The number of aromatic nitrogens is 4. The number of carbonyl (C=O) groups excluding carboxylic acids is 4. The van der Waals surface area contributed by atoms with E-state index >= 15 is 0 Å². The molecule has 1 saturated heterocycles. The number of likely N-dealkylation sites (tertiary alicyclic amines) is 1. The third kappa shape index (κ3) is 5.28. The van der Waals surface area contributed by atoms with E-state index in [1.54, 1.807) is 19.3 Å². The number of Topliss-reactive ketones (excluding diaryl/α,β-unsaturated/α-hetero) is 1. The molecule has 2 unspecified atom stereocenters. The first-order valence-electron chi connectivity index (χ1n) is 13.4. The Morgan fingerprint density at radius 1 is 1.12 bits per heavy atom. The summed E-state index contributed by atoms with van der Waals surface area (Å²) in [5, 5.41) is 7.88. The minimum Gasteiger partial charge on any atom is -0.352 e. The van der Waals surface area contributed by atoms with Crippen LogP contribution >= 0.6 is 0 Å². The largest absolute Gasteiger partial charge is 0.352 e. The molecule has 208 valence electrons. The Kier molecular flexibility index (Phi) is 7.55. The van der Waals surface area contributed by atoms with Crippen LogP contribution in [0.1, 0.15) is 54.5 Å². The number of allylic oxidation sites excluding steroid dienone is 1. The minimum absolute atomic E-state index is 0.142. The van der Waals surface area contributed by atoms with Crippen LogP contribution in [0, 0.1) is 19.8 Å². The van der Waals surface area contributed by atoms with Crippen LogP contribution in [0.3, 0.4) is 0 Å². The number of halogens is 1. The summed E-state index contributed by atoms with van der Waals surface area (Å²) in [7, 11) is 0. The maximum Gasteiger partial charge on any atom is 0.249 e. The van der Waals surface area contributed by atoms with Gasteiger partial charge in [0.1, 0.15) is 30.2 Å². The first-order chi connectivity index (χ1) is 19.2. The van der Waals surface area contributed by atoms with Gasteiger partial charge in [-0.1, -0.05) is 0 Å². The highest BCUT2D eigenvalue weighted by Crippen LogP contribution is 2.31. The Morgan fingerprint density at radius 2 is 1.88 bits per heavy atom. The second kappa shape index (κ2) is 11.1. The first-order valence-corrected chi connectivity index (χ1v) is 13.4. The molecule has 3 aromatic rings. The van der Waals surface area contributed by atoms with Gasteiger partial charge in [-0.3, -0.25) is 19.1 Å². The molecule has 5 rings (SSSR count). The van der Waals surface area contributed by atoms with Gasteiger partial charge in [-0.15, -0.1) is 0 Å². The number of rotatable bonds is 8. The van der Waals surface area contributed by atoms with E-state index in [1.807, 2.05) is 19.1 Å². The molecule has 2 atom stereocenters. The SMILES string of the molecule is CC(=O)c1nn(CC(=O)N2CC(CNC(=O)C3=C(F)CCC3)CC2C=O)c2c(C)cc(-c3cnc(C)nc3)cc12. The van der Waals surface area contributed by atoms with Gasteiger partial charge < -0.3 is 15.0 Å². The summed E-state index contributed by atoms with van der Waals surface area (Å²) in [6, 6.07) is 3.15.